The van der Waals surface area contributed by atoms with E-state index in [0.717, 1.165) is 6.07 Å². The number of alkyl halides is 3. The van der Waals surface area contributed by atoms with Gasteiger partial charge >= 0.3 is 12.1 Å². The van der Waals surface area contributed by atoms with Gasteiger partial charge in [-0.1, -0.05) is 18.2 Å². The molecule has 0 spiro atoms. The highest BCUT2D eigenvalue weighted by atomic mass is 19.4. The van der Waals surface area contributed by atoms with E-state index in [-0.39, 0.29) is 12.1 Å². The van der Waals surface area contributed by atoms with Crippen LogP contribution in [0.5, 0.6) is 0 Å². The molecule has 3 nitrogen and oxygen atoms in total. The van der Waals surface area contributed by atoms with Crippen molar-refractivity contribution < 1.29 is 23.1 Å². The summed E-state index contributed by atoms with van der Waals surface area (Å²) < 4.78 is 37.8. The number of aliphatic carboxylic acids is 1. The van der Waals surface area contributed by atoms with Crippen molar-refractivity contribution in [2.24, 2.45) is 0 Å². The molecular weight excluding hydrogens is 235 g/mol. The molecule has 1 rings (SSSR count). The van der Waals surface area contributed by atoms with Crippen LogP contribution in [0.25, 0.3) is 0 Å². The van der Waals surface area contributed by atoms with Crippen LogP contribution in [0, 0.1) is 0 Å². The van der Waals surface area contributed by atoms with E-state index in [0.29, 0.717) is 0 Å². The van der Waals surface area contributed by atoms with Gasteiger partial charge in [-0.25, -0.2) is 0 Å². The highest BCUT2D eigenvalue weighted by molar-refractivity contribution is 5.72. The van der Waals surface area contributed by atoms with Crippen molar-refractivity contribution in [1.82, 2.24) is 5.32 Å². The molecule has 0 saturated carbocycles. The summed E-state index contributed by atoms with van der Waals surface area (Å²) in [5.41, 5.74) is -0.710. The fourth-order valence-corrected chi connectivity index (χ4v) is 1.30. The van der Waals surface area contributed by atoms with E-state index in [2.05, 4.69) is 5.32 Å². The van der Waals surface area contributed by atoms with E-state index < -0.39 is 23.8 Å². The molecule has 0 aliphatic heterocycles. The topological polar surface area (TPSA) is 49.3 Å². The number of hydrogen-bond acceptors (Lipinski definition) is 2. The SMILES string of the molecule is C[C@H](NCc1ccccc1C(F)(F)F)C(=O)O. The van der Waals surface area contributed by atoms with Crippen LogP contribution < -0.4 is 5.32 Å². The van der Waals surface area contributed by atoms with Crippen LogP contribution in [0.1, 0.15) is 18.1 Å². The van der Waals surface area contributed by atoms with Crippen molar-refractivity contribution in [2.75, 3.05) is 0 Å². The maximum Gasteiger partial charge on any atom is 0.416 e. The van der Waals surface area contributed by atoms with Gasteiger partial charge in [-0.3, -0.25) is 4.79 Å². The van der Waals surface area contributed by atoms with Gasteiger partial charge in [0.25, 0.3) is 0 Å². The molecule has 0 saturated heterocycles. The van der Waals surface area contributed by atoms with Crippen LogP contribution in [0.3, 0.4) is 0 Å². The summed E-state index contributed by atoms with van der Waals surface area (Å²) in [6, 6.07) is 4.19. The molecule has 0 unspecified atom stereocenters. The lowest BCUT2D eigenvalue weighted by molar-refractivity contribution is -0.139. The second-order valence-corrected chi connectivity index (χ2v) is 3.60. The van der Waals surface area contributed by atoms with Crippen molar-refractivity contribution in [2.45, 2.75) is 25.7 Å². The Morgan fingerprint density at radius 1 is 1.41 bits per heavy atom. The van der Waals surface area contributed by atoms with Crippen molar-refractivity contribution in [1.29, 1.82) is 0 Å². The van der Waals surface area contributed by atoms with Crippen LogP contribution in [0.2, 0.25) is 0 Å². The zero-order chi connectivity index (χ0) is 13.1. The van der Waals surface area contributed by atoms with Crippen LogP contribution in [-0.2, 0) is 17.5 Å². The Balaban J connectivity index is 2.81. The molecule has 0 bridgehead atoms. The van der Waals surface area contributed by atoms with E-state index in [4.69, 9.17) is 5.11 Å². The highest BCUT2D eigenvalue weighted by Gasteiger charge is 2.32. The third-order valence-electron chi connectivity index (χ3n) is 2.29. The summed E-state index contributed by atoms with van der Waals surface area (Å²) in [6.45, 7) is 1.24. The van der Waals surface area contributed by atoms with Crippen molar-refractivity contribution in [3.8, 4) is 0 Å². The third kappa shape index (κ3) is 3.74. The van der Waals surface area contributed by atoms with E-state index in [1.54, 1.807) is 0 Å². The molecule has 0 fully saturated rings. The fourth-order valence-electron chi connectivity index (χ4n) is 1.30. The van der Waals surface area contributed by atoms with Gasteiger partial charge < -0.3 is 10.4 Å². The van der Waals surface area contributed by atoms with Crippen molar-refractivity contribution in [3.05, 3.63) is 35.4 Å². The molecule has 0 heterocycles. The molecular formula is C11H12F3NO2. The van der Waals surface area contributed by atoms with Crippen molar-refractivity contribution in [3.63, 3.8) is 0 Å². The molecule has 1 aromatic rings. The van der Waals surface area contributed by atoms with Gasteiger partial charge in [-0.05, 0) is 18.6 Å². The molecule has 1 atom stereocenters. The average molecular weight is 247 g/mol. The minimum atomic E-state index is -4.43. The summed E-state index contributed by atoms with van der Waals surface area (Å²) in [5, 5.41) is 11.1. The molecule has 0 aliphatic rings. The first-order chi connectivity index (χ1) is 7.82. The Bertz CT molecular complexity index is 404. The zero-order valence-electron chi connectivity index (χ0n) is 9.08. The first-order valence-electron chi connectivity index (χ1n) is 4.93. The van der Waals surface area contributed by atoms with Gasteiger partial charge in [0.15, 0.2) is 0 Å². The predicted octanol–water partition coefficient (Wildman–Crippen LogP) is 2.27. The maximum absolute atomic E-state index is 12.6. The Hall–Kier alpha value is -1.56. The molecule has 6 heteroatoms. The van der Waals surface area contributed by atoms with Crippen LogP contribution in [0.15, 0.2) is 24.3 Å². The fraction of sp³-hybridized carbons (Fsp3) is 0.364. The van der Waals surface area contributed by atoms with Crippen LogP contribution in [-0.4, -0.2) is 17.1 Å². The minimum absolute atomic E-state index is 0.0353. The number of nitrogens with one attached hydrogen (secondary N) is 1. The molecule has 0 radical (unpaired) electrons. The second-order valence-electron chi connectivity index (χ2n) is 3.60. The summed E-state index contributed by atoms with van der Waals surface area (Å²) in [7, 11) is 0. The molecule has 94 valence electrons. The molecule has 2 N–H and O–H groups in total. The second kappa shape index (κ2) is 5.18. The van der Waals surface area contributed by atoms with Crippen molar-refractivity contribution >= 4 is 5.97 Å². The Labute approximate surface area is 96.3 Å². The van der Waals surface area contributed by atoms with Gasteiger partial charge in [0, 0.05) is 6.54 Å². The Kier molecular flexibility index (Phi) is 4.11. The summed E-state index contributed by atoms with van der Waals surface area (Å²) in [5.74, 6) is -1.10. The smallest absolute Gasteiger partial charge is 0.416 e. The number of hydrogen-bond donors (Lipinski definition) is 2. The summed E-state index contributed by atoms with van der Waals surface area (Å²) in [4.78, 5) is 10.5. The summed E-state index contributed by atoms with van der Waals surface area (Å²) in [6.07, 6.45) is -4.43. The zero-order valence-corrected chi connectivity index (χ0v) is 9.08. The van der Waals surface area contributed by atoms with Gasteiger partial charge in [0.1, 0.15) is 6.04 Å². The number of carbonyl (C=O) groups is 1. The molecule has 0 aliphatic carbocycles. The number of benzene rings is 1. The standard InChI is InChI=1S/C11H12F3NO2/c1-7(10(16)17)15-6-8-4-2-3-5-9(8)11(12,13)14/h2-5,7,15H,6H2,1H3,(H,16,17)/t7-/m0/s1. The van der Waals surface area contributed by atoms with Gasteiger partial charge in [0.2, 0.25) is 0 Å². The monoisotopic (exact) mass is 247 g/mol. The maximum atomic E-state index is 12.6. The third-order valence-corrected chi connectivity index (χ3v) is 2.29. The average Bonchev–Trinajstić information content (AvgIpc) is 2.24. The van der Waals surface area contributed by atoms with E-state index in [1.165, 1.54) is 25.1 Å². The molecule has 1 aromatic carbocycles. The normalized spacial score (nSPS) is 13.4. The Morgan fingerprint density at radius 3 is 2.53 bits per heavy atom. The van der Waals surface area contributed by atoms with Gasteiger partial charge in [0.05, 0.1) is 5.56 Å². The van der Waals surface area contributed by atoms with Gasteiger partial charge in [-0.2, -0.15) is 13.2 Å². The van der Waals surface area contributed by atoms with Gasteiger partial charge in [-0.15, -0.1) is 0 Å². The predicted molar refractivity (Wildman–Crippen MR) is 55.4 cm³/mol. The van der Waals surface area contributed by atoms with E-state index >= 15 is 0 Å². The number of halogens is 3. The largest absolute Gasteiger partial charge is 0.480 e. The quantitative estimate of drug-likeness (QED) is 0.858. The Morgan fingerprint density at radius 2 is 2.00 bits per heavy atom. The summed E-state index contributed by atoms with van der Waals surface area (Å²) >= 11 is 0. The van der Waals surface area contributed by atoms with Crippen LogP contribution >= 0.6 is 0 Å². The highest BCUT2D eigenvalue weighted by Crippen LogP contribution is 2.31. The number of carboxylic acid groups (broad SMARTS) is 1. The lowest BCUT2D eigenvalue weighted by atomic mass is 10.1. The first-order valence-corrected chi connectivity index (χ1v) is 4.93. The lowest BCUT2D eigenvalue weighted by Gasteiger charge is -2.14. The minimum Gasteiger partial charge on any atom is -0.480 e. The van der Waals surface area contributed by atoms with E-state index in [1.807, 2.05) is 0 Å². The molecule has 17 heavy (non-hydrogen) atoms. The lowest BCUT2D eigenvalue weighted by Crippen LogP contribution is -2.33. The number of carboxylic acids is 1. The first kappa shape index (κ1) is 13.5. The molecule has 0 aromatic heterocycles. The van der Waals surface area contributed by atoms with Crippen LogP contribution in [0.4, 0.5) is 13.2 Å². The number of rotatable bonds is 4. The molecule has 0 amide bonds. The van der Waals surface area contributed by atoms with E-state index in [9.17, 15) is 18.0 Å².